The van der Waals surface area contributed by atoms with Gasteiger partial charge in [-0.15, -0.1) is 0 Å². The Morgan fingerprint density at radius 2 is 1.90 bits per heavy atom. The number of nitrogens with zero attached hydrogens (tertiary/aromatic N) is 3. The number of halogens is 1. The summed E-state index contributed by atoms with van der Waals surface area (Å²) in [5, 5.41) is 11.1. The molecule has 8 heteroatoms. The van der Waals surface area contributed by atoms with Crippen LogP contribution in [0.3, 0.4) is 0 Å². The number of rotatable bonds is 7. The summed E-state index contributed by atoms with van der Waals surface area (Å²) < 4.78 is 13.9. The van der Waals surface area contributed by atoms with Crippen LogP contribution in [0.4, 0.5) is 5.82 Å². The molecule has 1 amide bonds. The van der Waals surface area contributed by atoms with Crippen molar-refractivity contribution >= 4 is 27.7 Å². The zero-order valence-corrected chi connectivity index (χ0v) is 18.7. The van der Waals surface area contributed by atoms with Gasteiger partial charge >= 0.3 is 0 Å². The number of aryl methyl sites for hydroxylation is 2. The molecule has 1 N–H and O–H groups in total. The maximum Gasteiger partial charge on any atom is 0.279 e. The average molecular weight is 481 g/mol. The SMILES string of the molecule is Cc1ccccc1OCc1c(C(=O)Nc2ccn(Cc3ccc(Br)cc3)n2)noc1C. The molecule has 158 valence electrons. The third kappa shape index (κ3) is 5.03. The average Bonchev–Trinajstić information content (AvgIpc) is 3.35. The topological polar surface area (TPSA) is 82.2 Å². The van der Waals surface area contributed by atoms with E-state index in [-0.39, 0.29) is 12.3 Å². The first-order valence-electron chi connectivity index (χ1n) is 9.72. The first kappa shape index (κ1) is 20.9. The Morgan fingerprint density at radius 3 is 2.68 bits per heavy atom. The molecule has 0 aliphatic carbocycles. The number of aromatic nitrogens is 3. The summed E-state index contributed by atoms with van der Waals surface area (Å²) >= 11 is 3.43. The quantitative estimate of drug-likeness (QED) is 0.396. The van der Waals surface area contributed by atoms with Crippen LogP contribution in [-0.4, -0.2) is 20.8 Å². The fourth-order valence-corrected chi connectivity index (χ4v) is 3.34. The maximum atomic E-state index is 12.8. The second kappa shape index (κ2) is 9.18. The Labute approximate surface area is 188 Å². The minimum atomic E-state index is -0.394. The van der Waals surface area contributed by atoms with E-state index in [1.54, 1.807) is 17.7 Å². The first-order chi connectivity index (χ1) is 15.0. The Hall–Kier alpha value is -3.39. The lowest BCUT2D eigenvalue weighted by molar-refractivity contribution is 0.101. The predicted octanol–water partition coefficient (Wildman–Crippen LogP) is 5.13. The van der Waals surface area contributed by atoms with Crippen LogP contribution in [0.15, 0.2) is 69.8 Å². The number of ether oxygens (including phenoxy) is 1. The van der Waals surface area contributed by atoms with Gasteiger partial charge in [0, 0.05) is 16.7 Å². The number of carbonyl (C=O) groups excluding carboxylic acids is 1. The van der Waals surface area contributed by atoms with Gasteiger partial charge in [0.1, 0.15) is 18.1 Å². The summed E-state index contributed by atoms with van der Waals surface area (Å²) in [6.45, 7) is 4.50. The van der Waals surface area contributed by atoms with Crippen molar-refractivity contribution in [3.63, 3.8) is 0 Å². The van der Waals surface area contributed by atoms with E-state index in [2.05, 4.69) is 31.5 Å². The Kier molecular flexibility index (Phi) is 6.18. The number of hydrogen-bond acceptors (Lipinski definition) is 5. The molecule has 0 bridgehead atoms. The third-order valence-corrected chi connectivity index (χ3v) is 5.33. The van der Waals surface area contributed by atoms with Gasteiger partial charge < -0.3 is 14.6 Å². The molecule has 0 saturated carbocycles. The lowest BCUT2D eigenvalue weighted by atomic mass is 10.2. The fraction of sp³-hybridized carbons (Fsp3) is 0.174. The van der Waals surface area contributed by atoms with Crippen molar-refractivity contribution in [2.24, 2.45) is 0 Å². The molecule has 0 aliphatic heterocycles. The van der Waals surface area contributed by atoms with E-state index >= 15 is 0 Å². The smallest absolute Gasteiger partial charge is 0.279 e. The molecule has 2 aromatic heterocycles. The molecule has 0 spiro atoms. The normalized spacial score (nSPS) is 10.8. The number of para-hydroxylation sites is 1. The highest BCUT2D eigenvalue weighted by molar-refractivity contribution is 9.10. The minimum absolute atomic E-state index is 0.181. The Morgan fingerprint density at radius 1 is 1.13 bits per heavy atom. The van der Waals surface area contributed by atoms with Crippen LogP contribution in [0.25, 0.3) is 0 Å². The van der Waals surface area contributed by atoms with E-state index in [1.807, 2.05) is 61.7 Å². The Balaban J connectivity index is 1.43. The van der Waals surface area contributed by atoms with Crippen LogP contribution in [0.5, 0.6) is 5.75 Å². The van der Waals surface area contributed by atoms with Crippen molar-refractivity contribution in [3.05, 3.63) is 93.4 Å². The molecule has 2 aromatic carbocycles. The first-order valence-corrected chi connectivity index (χ1v) is 10.5. The zero-order valence-electron chi connectivity index (χ0n) is 17.1. The van der Waals surface area contributed by atoms with E-state index in [4.69, 9.17) is 9.26 Å². The summed E-state index contributed by atoms with van der Waals surface area (Å²) in [5.41, 5.74) is 2.91. The van der Waals surface area contributed by atoms with Gasteiger partial charge in [-0.3, -0.25) is 9.48 Å². The van der Waals surface area contributed by atoms with Crippen molar-refractivity contribution in [2.45, 2.75) is 27.0 Å². The highest BCUT2D eigenvalue weighted by atomic mass is 79.9. The van der Waals surface area contributed by atoms with Gasteiger partial charge in [-0.1, -0.05) is 51.4 Å². The predicted molar refractivity (Wildman–Crippen MR) is 120 cm³/mol. The number of carbonyl (C=O) groups is 1. The molecule has 4 aromatic rings. The van der Waals surface area contributed by atoms with Gasteiger partial charge in [-0.2, -0.15) is 5.10 Å². The number of nitrogens with one attached hydrogen (secondary N) is 1. The molecular weight excluding hydrogens is 460 g/mol. The molecule has 0 fully saturated rings. The molecule has 0 unspecified atom stereocenters. The molecule has 4 rings (SSSR count). The maximum absolute atomic E-state index is 12.8. The van der Waals surface area contributed by atoms with Gasteiger partial charge in [0.05, 0.1) is 12.1 Å². The third-order valence-electron chi connectivity index (χ3n) is 4.81. The largest absolute Gasteiger partial charge is 0.488 e. The number of anilines is 1. The van der Waals surface area contributed by atoms with Gasteiger partial charge in [-0.05, 0) is 43.2 Å². The van der Waals surface area contributed by atoms with E-state index in [0.717, 1.165) is 21.3 Å². The van der Waals surface area contributed by atoms with Crippen molar-refractivity contribution in [2.75, 3.05) is 5.32 Å². The monoisotopic (exact) mass is 480 g/mol. The lowest BCUT2D eigenvalue weighted by Gasteiger charge is -2.09. The number of benzene rings is 2. The van der Waals surface area contributed by atoms with Crippen molar-refractivity contribution in [1.29, 1.82) is 0 Å². The van der Waals surface area contributed by atoms with Crippen LogP contribution < -0.4 is 10.1 Å². The second-order valence-corrected chi connectivity index (χ2v) is 8.01. The fourth-order valence-electron chi connectivity index (χ4n) is 3.08. The van der Waals surface area contributed by atoms with Crippen LogP contribution in [0.1, 0.15) is 32.9 Å². The summed E-state index contributed by atoms with van der Waals surface area (Å²) in [6, 6.07) is 17.4. The zero-order chi connectivity index (χ0) is 21.8. The van der Waals surface area contributed by atoms with Gasteiger partial charge in [0.15, 0.2) is 11.5 Å². The molecule has 0 radical (unpaired) electrons. The van der Waals surface area contributed by atoms with Crippen LogP contribution >= 0.6 is 15.9 Å². The summed E-state index contributed by atoms with van der Waals surface area (Å²) in [7, 11) is 0. The van der Waals surface area contributed by atoms with Gasteiger partial charge in [0.25, 0.3) is 5.91 Å². The molecule has 31 heavy (non-hydrogen) atoms. The van der Waals surface area contributed by atoms with Crippen LogP contribution in [0, 0.1) is 13.8 Å². The Bertz CT molecular complexity index is 1200. The molecule has 0 saturated heterocycles. The highest BCUT2D eigenvalue weighted by Crippen LogP contribution is 2.21. The van der Waals surface area contributed by atoms with Crippen LogP contribution in [0.2, 0.25) is 0 Å². The van der Waals surface area contributed by atoms with Crippen LogP contribution in [-0.2, 0) is 13.2 Å². The summed E-state index contributed by atoms with van der Waals surface area (Å²) in [5.74, 6) is 1.34. The second-order valence-electron chi connectivity index (χ2n) is 7.10. The van der Waals surface area contributed by atoms with Crippen molar-refractivity contribution in [1.82, 2.24) is 14.9 Å². The van der Waals surface area contributed by atoms with Gasteiger partial charge in [-0.25, -0.2) is 0 Å². The number of hydrogen-bond donors (Lipinski definition) is 1. The number of amides is 1. The van der Waals surface area contributed by atoms with E-state index in [9.17, 15) is 4.79 Å². The molecule has 0 aliphatic rings. The van der Waals surface area contributed by atoms with E-state index in [0.29, 0.717) is 23.7 Å². The lowest BCUT2D eigenvalue weighted by Crippen LogP contribution is -2.16. The molecule has 7 nitrogen and oxygen atoms in total. The summed E-state index contributed by atoms with van der Waals surface area (Å²) in [6.07, 6.45) is 1.81. The van der Waals surface area contributed by atoms with Crippen molar-refractivity contribution < 1.29 is 14.1 Å². The molecular formula is C23H21BrN4O3. The standard InChI is InChI=1S/C23H21BrN4O3/c1-15-5-3-4-6-20(15)30-14-19-16(2)31-27-22(19)23(29)25-21-11-12-28(26-21)13-17-7-9-18(24)10-8-17/h3-12H,13-14H2,1-2H3,(H,25,26,29). The molecule has 0 atom stereocenters. The van der Waals surface area contributed by atoms with Crippen molar-refractivity contribution in [3.8, 4) is 5.75 Å². The van der Waals surface area contributed by atoms with E-state index < -0.39 is 5.91 Å². The molecule has 2 heterocycles. The van der Waals surface area contributed by atoms with Gasteiger partial charge in [0.2, 0.25) is 0 Å². The minimum Gasteiger partial charge on any atom is -0.488 e. The van der Waals surface area contributed by atoms with E-state index in [1.165, 1.54) is 0 Å². The summed E-state index contributed by atoms with van der Waals surface area (Å²) in [4.78, 5) is 12.8. The highest BCUT2D eigenvalue weighted by Gasteiger charge is 2.21.